The highest BCUT2D eigenvalue weighted by Gasteiger charge is 2.38. The Morgan fingerprint density at radius 3 is 2.21 bits per heavy atom. The van der Waals surface area contributed by atoms with Gasteiger partial charge in [-0.25, -0.2) is 0 Å². The van der Waals surface area contributed by atoms with Crippen LogP contribution in [0.4, 0.5) is 26.3 Å². The van der Waals surface area contributed by atoms with E-state index in [0.717, 1.165) is 12.1 Å². The van der Waals surface area contributed by atoms with Crippen molar-refractivity contribution < 1.29 is 30.9 Å². The average molecular weight is 410 g/mol. The lowest BCUT2D eigenvalue weighted by Gasteiger charge is -2.08. The van der Waals surface area contributed by atoms with Crippen LogP contribution < -0.4 is 0 Å². The molecule has 0 atom stereocenters. The summed E-state index contributed by atoms with van der Waals surface area (Å²) in [7, 11) is 0. The summed E-state index contributed by atoms with van der Waals surface area (Å²) in [5.74, 6) is -1.80. The summed E-state index contributed by atoms with van der Waals surface area (Å²) >= 11 is 0. The van der Waals surface area contributed by atoms with E-state index in [-0.39, 0.29) is 28.2 Å². The number of aromatic nitrogens is 4. The molecule has 0 aliphatic heterocycles. The number of hydrogen-bond acceptors (Lipinski definition) is 5. The molecule has 4 aromatic rings. The number of alkyl halides is 6. The molecule has 3 aromatic heterocycles. The van der Waals surface area contributed by atoms with Gasteiger partial charge in [0, 0.05) is 23.3 Å². The Morgan fingerprint density at radius 1 is 0.759 bits per heavy atom. The molecule has 0 fully saturated rings. The second kappa shape index (κ2) is 6.54. The zero-order valence-corrected chi connectivity index (χ0v) is 14.1. The van der Waals surface area contributed by atoms with Gasteiger partial charge in [0.05, 0.1) is 17.0 Å². The summed E-state index contributed by atoms with van der Waals surface area (Å²) in [6.45, 7) is 0. The van der Waals surface area contributed by atoms with Crippen molar-refractivity contribution in [2.75, 3.05) is 0 Å². The van der Waals surface area contributed by atoms with Gasteiger partial charge in [-0.15, -0.1) is 0 Å². The molecule has 3 heterocycles. The molecule has 0 saturated carbocycles. The molecule has 0 amide bonds. The zero-order chi connectivity index (χ0) is 20.8. The number of nitrogens with zero attached hydrogens (tertiary/aromatic N) is 4. The molecule has 11 heteroatoms. The van der Waals surface area contributed by atoms with Crippen molar-refractivity contribution in [2.45, 2.75) is 12.4 Å². The van der Waals surface area contributed by atoms with Crippen molar-refractivity contribution in [3.63, 3.8) is 0 Å². The molecule has 0 radical (unpaired) electrons. The minimum absolute atomic E-state index is 0.181. The van der Waals surface area contributed by atoms with Crippen molar-refractivity contribution in [3.05, 3.63) is 60.2 Å². The molecule has 0 aliphatic rings. The topological polar surface area (TPSA) is 64.7 Å². The predicted molar refractivity (Wildman–Crippen MR) is 88.3 cm³/mol. The van der Waals surface area contributed by atoms with E-state index in [1.807, 2.05) is 0 Å². The molecule has 0 bridgehead atoms. The van der Waals surface area contributed by atoms with Gasteiger partial charge >= 0.3 is 18.2 Å². The molecule has 0 aliphatic carbocycles. The van der Waals surface area contributed by atoms with Crippen molar-refractivity contribution in [3.8, 4) is 22.8 Å². The SMILES string of the molecule is FC(F)(F)c1ccc2cnc(-c3cc(-c4noc(C(F)(F)F)n4)ccn3)cc2c1. The fourth-order valence-corrected chi connectivity index (χ4v) is 2.62. The Balaban J connectivity index is 1.74. The van der Waals surface area contributed by atoms with Crippen LogP contribution in [0.25, 0.3) is 33.5 Å². The van der Waals surface area contributed by atoms with E-state index < -0.39 is 23.8 Å². The lowest BCUT2D eigenvalue weighted by atomic mass is 10.1. The highest BCUT2D eigenvalue weighted by atomic mass is 19.4. The van der Waals surface area contributed by atoms with Gasteiger partial charge in [0.15, 0.2) is 0 Å². The molecule has 0 saturated heterocycles. The molecule has 0 unspecified atom stereocenters. The van der Waals surface area contributed by atoms with Crippen LogP contribution in [-0.4, -0.2) is 20.1 Å². The third kappa shape index (κ3) is 3.75. The maximum Gasteiger partial charge on any atom is 0.471 e. The first kappa shape index (κ1) is 18.8. The zero-order valence-electron chi connectivity index (χ0n) is 14.1. The van der Waals surface area contributed by atoms with Crippen molar-refractivity contribution in [1.29, 1.82) is 0 Å². The summed E-state index contributed by atoms with van der Waals surface area (Å²) in [6.07, 6.45) is -6.59. The molecule has 0 spiro atoms. The smallest absolute Gasteiger partial charge is 0.329 e. The second-order valence-electron chi connectivity index (χ2n) is 5.98. The molecule has 0 N–H and O–H groups in total. The van der Waals surface area contributed by atoms with E-state index in [1.165, 1.54) is 36.7 Å². The Hall–Kier alpha value is -3.50. The Morgan fingerprint density at radius 2 is 1.52 bits per heavy atom. The van der Waals surface area contributed by atoms with E-state index in [0.29, 0.717) is 5.39 Å². The summed E-state index contributed by atoms with van der Waals surface area (Å²) in [5, 5.41) is 4.08. The van der Waals surface area contributed by atoms with Gasteiger partial charge < -0.3 is 4.52 Å². The van der Waals surface area contributed by atoms with E-state index in [1.54, 1.807) is 0 Å². The third-order valence-electron chi connectivity index (χ3n) is 4.00. The van der Waals surface area contributed by atoms with Crippen molar-refractivity contribution >= 4 is 10.8 Å². The largest absolute Gasteiger partial charge is 0.471 e. The standard InChI is InChI=1S/C18H8F6N4O/c19-17(20,21)12-2-1-10-8-26-14(7-11(10)5-12)13-6-9(3-4-25-13)15-27-16(29-28-15)18(22,23)24/h1-8H. The van der Waals surface area contributed by atoms with Gasteiger partial charge in [-0.3, -0.25) is 9.97 Å². The lowest BCUT2D eigenvalue weighted by Crippen LogP contribution is -2.04. The fraction of sp³-hybridized carbons (Fsp3) is 0.111. The lowest BCUT2D eigenvalue weighted by molar-refractivity contribution is -0.159. The average Bonchev–Trinajstić information content (AvgIpc) is 3.17. The normalized spacial score (nSPS) is 12.5. The number of benzene rings is 1. The number of halogens is 6. The Labute approximate surface area is 158 Å². The quantitative estimate of drug-likeness (QED) is 0.415. The first-order valence-electron chi connectivity index (χ1n) is 7.96. The van der Waals surface area contributed by atoms with Crippen LogP contribution in [0.5, 0.6) is 0 Å². The van der Waals surface area contributed by atoms with E-state index in [9.17, 15) is 26.3 Å². The summed E-state index contributed by atoms with van der Waals surface area (Å²) in [5.41, 5.74) is -0.172. The minimum Gasteiger partial charge on any atom is -0.329 e. The monoisotopic (exact) mass is 410 g/mol. The molecule has 148 valence electrons. The van der Waals surface area contributed by atoms with Gasteiger partial charge in [-0.05, 0) is 35.7 Å². The number of pyridine rings is 2. The molecular formula is C18H8F6N4O. The summed E-state index contributed by atoms with van der Waals surface area (Å²) in [6, 6.07) is 7.39. The highest BCUT2D eigenvalue weighted by molar-refractivity contribution is 5.85. The maximum atomic E-state index is 12.9. The third-order valence-corrected chi connectivity index (χ3v) is 4.00. The number of fused-ring (bicyclic) bond motifs is 1. The number of rotatable bonds is 2. The number of hydrogen-bond donors (Lipinski definition) is 0. The molecule has 29 heavy (non-hydrogen) atoms. The van der Waals surface area contributed by atoms with Gasteiger partial charge in [0.25, 0.3) is 0 Å². The summed E-state index contributed by atoms with van der Waals surface area (Å²) < 4.78 is 80.9. The fourth-order valence-electron chi connectivity index (χ4n) is 2.62. The van der Waals surface area contributed by atoms with E-state index >= 15 is 0 Å². The van der Waals surface area contributed by atoms with Crippen LogP contribution in [0.15, 0.2) is 53.3 Å². The van der Waals surface area contributed by atoms with Crippen molar-refractivity contribution in [1.82, 2.24) is 20.1 Å². The molecule has 4 rings (SSSR count). The van der Waals surface area contributed by atoms with Crippen LogP contribution in [0.1, 0.15) is 11.5 Å². The maximum absolute atomic E-state index is 12.9. The van der Waals surface area contributed by atoms with Gasteiger partial charge in [0.2, 0.25) is 5.82 Å². The van der Waals surface area contributed by atoms with Gasteiger partial charge in [0.1, 0.15) is 0 Å². The van der Waals surface area contributed by atoms with Gasteiger partial charge in [-0.1, -0.05) is 11.2 Å². The Bertz CT molecular complexity index is 1200. The summed E-state index contributed by atoms with van der Waals surface area (Å²) in [4.78, 5) is 11.5. The van der Waals surface area contributed by atoms with E-state index in [4.69, 9.17) is 0 Å². The van der Waals surface area contributed by atoms with E-state index in [2.05, 4.69) is 24.6 Å². The van der Waals surface area contributed by atoms with Gasteiger partial charge in [-0.2, -0.15) is 31.3 Å². The van der Waals surface area contributed by atoms with Crippen LogP contribution in [0.2, 0.25) is 0 Å². The first-order valence-corrected chi connectivity index (χ1v) is 7.96. The van der Waals surface area contributed by atoms with Crippen LogP contribution in [0.3, 0.4) is 0 Å². The highest BCUT2D eigenvalue weighted by Crippen LogP contribution is 2.33. The molecule has 1 aromatic carbocycles. The van der Waals surface area contributed by atoms with Crippen LogP contribution in [-0.2, 0) is 12.4 Å². The molecular weight excluding hydrogens is 402 g/mol. The first-order chi connectivity index (χ1) is 13.6. The Kier molecular flexibility index (Phi) is 4.25. The van der Waals surface area contributed by atoms with Crippen LogP contribution >= 0.6 is 0 Å². The van der Waals surface area contributed by atoms with Crippen molar-refractivity contribution in [2.24, 2.45) is 0 Å². The van der Waals surface area contributed by atoms with Crippen LogP contribution in [0, 0.1) is 0 Å². The molecule has 5 nitrogen and oxygen atoms in total. The minimum atomic E-state index is -4.78. The predicted octanol–water partition coefficient (Wildman–Crippen LogP) is 5.38. The second-order valence-corrected chi connectivity index (χ2v) is 5.98.